The van der Waals surface area contributed by atoms with Gasteiger partial charge < -0.3 is 15.5 Å². The van der Waals surface area contributed by atoms with E-state index in [4.69, 9.17) is 11.6 Å². The summed E-state index contributed by atoms with van der Waals surface area (Å²) in [6, 6.07) is 13.6. The number of para-hydroxylation sites is 1. The highest BCUT2D eigenvalue weighted by Crippen LogP contribution is 2.19. The zero-order valence-corrected chi connectivity index (χ0v) is 18.3. The van der Waals surface area contributed by atoms with E-state index in [9.17, 15) is 9.59 Å². The molecule has 0 bridgehead atoms. The molecule has 0 spiro atoms. The van der Waals surface area contributed by atoms with Crippen LogP contribution in [0.1, 0.15) is 16.7 Å². The maximum Gasteiger partial charge on any atom is 0.317 e. The van der Waals surface area contributed by atoms with Gasteiger partial charge in [0.25, 0.3) is 0 Å². The molecule has 3 rings (SSSR count). The van der Waals surface area contributed by atoms with Gasteiger partial charge in [-0.05, 0) is 49.1 Å². The number of piperazine rings is 1. The van der Waals surface area contributed by atoms with Crippen LogP contribution in [0.5, 0.6) is 0 Å². The van der Waals surface area contributed by atoms with E-state index in [0.717, 1.165) is 28.8 Å². The number of amides is 3. The second-order valence-corrected chi connectivity index (χ2v) is 8.12. The first-order chi connectivity index (χ1) is 14.4. The molecule has 30 heavy (non-hydrogen) atoms. The molecular weight excluding hydrogens is 400 g/mol. The Labute approximate surface area is 183 Å². The molecule has 1 heterocycles. The van der Waals surface area contributed by atoms with Crippen molar-refractivity contribution in [2.24, 2.45) is 0 Å². The Hall–Kier alpha value is -2.57. The number of halogens is 1. The zero-order chi connectivity index (χ0) is 21.5. The number of urea groups is 1. The molecular formula is C23H29ClN4O2. The lowest BCUT2D eigenvalue weighted by Gasteiger charge is -2.34. The van der Waals surface area contributed by atoms with Gasteiger partial charge in [-0.1, -0.05) is 41.9 Å². The molecule has 7 heteroatoms. The minimum atomic E-state index is -0.0522. The standard InChI is InChI=1S/C23H29ClN4O2/c1-17-4-3-5-18(2)22(17)26-21(29)16-27-12-14-28(15-13-27)23(30)25-11-10-19-6-8-20(24)9-7-19/h3-9H,10-16H2,1-2H3,(H,25,30)(H,26,29). The minimum Gasteiger partial charge on any atom is -0.338 e. The van der Waals surface area contributed by atoms with E-state index in [-0.39, 0.29) is 11.9 Å². The molecule has 0 radical (unpaired) electrons. The van der Waals surface area contributed by atoms with Crippen LogP contribution in [0.15, 0.2) is 42.5 Å². The maximum atomic E-state index is 12.4. The summed E-state index contributed by atoms with van der Waals surface area (Å²) in [4.78, 5) is 28.7. The number of carbonyl (C=O) groups is 2. The quantitative estimate of drug-likeness (QED) is 0.740. The van der Waals surface area contributed by atoms with Crippen molar-refractivity contribution in [2.75, 3.05) is 44.6 Å². The average molecular weight is 429 g/mol. The number of hydrogen-bond donors (Lipinski definition) is 2. The van der Waals surface area contributed by atoms with Crippen LogP contribution in [0.2, 0.25) is 5.02 Å². The van der Waals surface area contributed by atoms with Gasteiger partial charge in [-0.3, -0.25) is 9.69 Å². The van der Waals surface area contributed by atoms with Crippen LogP contribution in [-0.2, 0) is 11.2 Å². The number of nitrogens with zero attached hydrogens (tertiary/aromatic N) is 2. The largest absolute Gasteiger partial charge is 0.338 e. The molecule has 0 aliphatic carbocycles. The van der Waals surface area contributed by atoms with Gasteiger partial charge in [0.05, 0.1) is 6.54 Å². The SMILES string of the molecule is Cc1cccc(C)c1NC(=O)CN1CCN(C(=O)NCCc2ccc(Cl)cc2)CC1. The molecule has 6 nitrogen and oxygen atoms in total. The number of hydrogen-bond acceptors (Lipinski definition) is 3. The maximum absolute atomic E-state index is 12.4. The van der Waals surface area contributed by atoms with E-state index < -0.39 is 0 Å². The fourth-order valence-corrected chi connectivity index (χ4v) is 3.71. The fraction of sp³-hybridized carbons (Fsp3) is 0.391. The zero-order valence-electron chi connectivity index (χ0n) is 17.6. The molecule has 160 valence electrons. The Kier molecular flexibility index (Phi) is 7.71. The van der Waals surface area contributed by atoms with Gasteiger partial charge in [0, 0.05) is 43.4 Å². The molecule has 1 aliphatic heterocycles. The summed E-state index contributed by atoms with van der Waals surface area (Å²) in [5, 5.41) is 6.71. The second kappa shape index (κ2) is 10.5. The lowest BCUT2D eigenvalue weighted by atomic mass is 10.1. The van der Waals surface area contributed by atoms with Gasteiger partial charge in [-0.15, -0.1) is 0 Å². The first-order valence-corrected chi connectivity index (χ1v) is 10.7. The van der Waals surface area contributed by atoms with Crippen LogP contribution in [0.3, 0.4) is 0 Å². The van der Waals surface area contributed by atoms with Gasteiger partial charge in [-0.2, -0.15) is 0 Å². The third-order valence-corrected chi connectivity index (χ3v) is 5.63. The predicted octanol–water partition coefficient (Wildman–Crippen LogP) is 3.47. The van der Waals surface area contributed by atoms with E-state index >= 15 is 0 Å². The van der Waals surface area contributed by atoms with Crippen molar-refractivity contribution in [1.29, 1.82) is 0 Å². The third kappa shape index (κ3) is 6.21. The summed E-state index contributed by atoms with van der Waals surface area (Å²) in [6.45, 7) is 7.50. The molecule has 0 aromatic heterocycles. The van der Waals surface area contributed by atoms with Crippen LogP contribution in [0.4, 0.5) is 10.5 Å². The molecule has 2 aromatic carbocycles. The van der Waals surface area contributed by atoms with E-state index in [0.29, 0.717) is 44.3 Å². The van der Waals surface area contributed by atoms with Crippen molar-refractivity contribution < 1.29 is 9.59 Å². The Bertz CT molecular complexity index is 857. The smallest absolute Gasteiger partial charge is 0.317 e. The Morgan fingerprint density at radius 1 is 0.967 bits per heavy atom. The van der Waals surface area contributed by atoms with Crippen molar-refractivity contribution in [3.05, 3.63) is 64.2 Å². The number of nitrogens with one attached hydrogen (secondary N) is 2. The summed E-state index contributed by atoms with van der Waals surface area (Å²) < 4.78 is 0. The molecule has 1 saturated heterocycles. The second-order valence-electron chi connectivity index (χ2n) is 7.69. The predicted molar refractivity (Wildman–Crippen MR) is 121 cm³/mol. The van der Waals surface area contributed by atoms with Crippen molar-refractivity contribution in [3.63, 3.8) is 0 Å². The number of rotatable bonds is 6. The van der Waals surface area contributed by atoms with Crippen molar-refractivity contribution in [2.45, 2.75) is 20.3 Å². The van der Waals surface area contributed by atoms with Crippen molar-refractivity contribution in [1.82, 2.24) is 15.1 Å². The fourth-order valence-electron chi connectivity index (χ4n) is 3.58. The van der Waals surface area contributed by atoms with Crippen LogP contribution in [-0.4, -0.2) is 61.0 Å². The third-order valence-electron chi connectivity index (χ3n) is 5.38. The molecule has 0 atom stereocenters. The van der Waals surface area contributed by atoms with E-state index in [1.807, 2.05) is 61.2 Å². The summed E-state index contributed by atoms with van der Waals surface area (Å²) in [7, 11) is 0. The Morgan fingerprint density at radius 3 is 2.23 bits per heavy atom. The van der Waals surface area contributed by atoms with Crippen molar-refractivity contribution in [3.8, 4) is 0 Å². The van der Waals surface area contributed by atoms with Gasteiger partial charge in [0.15, 0.2) is 0 Å². The summed E-state index contributed by atoms with van der Waals surface area (Å²) in [5.74, 6) is -0.0201. The lowest BCUT2D eigenvalue weighted by Crippen LogP contribution is -2.53. The van der Waals surface area contributed by atoms with Crippen LogP contribution in [0.25, 0.3) is 0 Å². The number of aryl methyl sites for hydroxylation is 2. The van der Waals surface area contributed by atoms with Gasteiger partial charge in [0.2, 0.25) is 5.91 Å². The Morgan fingerprint density at radius 2 is 1.60 bits per heavy atom. The van der Waals surface area contributed by atoms with Gasteiger partial charge >= 0.3 is 6.03 Å². The average Bonchev–Trinajstić information content (AvgIpc) is 2.73. The van der Waals surface area contributed by atoms with E-state index in [1.165, 1.54) is 0 Å². The number of carbonyl (C=O) groups excluding carboxylic acids is 2. The molecule has 1 aliphatic rings. The number of benzene rings is 2. The normalized spacial score (nSPS) is 14.4. The van der Waals surface area contributed by atoms with Gasteiger partial charge in [0.1, 0.15) is 0 Å². The topological polar surface area (TPSA) is 64.7 Å². The summed E-state index contributed by atoms with van der Waals surface area (Å²) in [6.07, 6.45) is 0.765. The first-order valence-electron chi connectivity index (χ1n) is 10.3. The molecule has 0 saturated carbocycles. The highest BCUT2D eigenvalue weighted by atomic mass is 35.5. The van der Waals surface area contributed by atoms with Crippen LogP contribution < -0.4 is 10.6 Å². The Balaban J connectivity index is 1.38. The van der Waals surface area contributed by atoms with Crippen molar-refractivity contribution >= 4 is 29.2 Å². The molecule has 2 N–H and O–H groups in total. The molecule has 0 unspecified atom stereocenters. The van der Waals surface area contributed by atoms with Crippen LogP contribution in [0, 0.1) is 13.8 Å². The highest BCUT2D eigenvalue weighted by Gasteiger charge is 2.22. The van der Waals surface area contributed by atoms with Gasteiger partial charge in [-0.25, -0.2) is 4.79 Å². The first kappa shape index (κ1) is 22.1. The van der Waals surface area contributed by atoms with Crippen LogP contribution >= 0.6 is 11.6 Å². The lowest BCUT2D eigenvalue weighted by molar-refractivity contribution is -0.117. The molecule has 2 aromatic rings. The highest BCUT2D eigenvalue weighted by molar-refractivity contribution is 6.30. The summed E-state index contributed by atoms with van der Waals surface area (Å²) in [5.41, 5.74) is 4.15. The van der Waals surface area contributed by atoms with E-state index in [2.05, 4.69) is 15.5 Å². The number of anilines is 1. The minimum absolute atomic E-state index is 0.0201. The monoisotopic (exact) mass is 428 g/mol. The molecule has 1 fully saturated rings. The molecule has 3 amide bonds. The van der Waals surface area contributed by atoms with E-state index in [1.54, 1.807) is 0 Å². The summed E-state index contributed by atoms with van der Waals surface area (Å²) >= 11 is 5.89.